The van der Waals surface area contributed by atoms with E-state index in [9.17, 15) is 5.11 Å². The predicted molar refractivity (Wildman–Crippen MR) is 69.7 cm³/mol. The summed E-state index contributed by atoms with van der Waals surface area (Å²) >= 11 is 0. The maximum Gasteiger partial charge on any atom is 0.119 e. The summed E-state index contributed by atoms with van der Waals surface area (Å²) in [5.74, 6) is 0.423. The van der Waals surface area contributed by atoms with Crippen LogP contribution < -0.4 is 5.19 Å². The fraction of sp³-hybridized carbons (Fsp3) is 0.385. The molecule has 0 radical (unpaired) electrons. The second-order valence-corrected chi connectivity index (χ2v) is 10.1. The third-order valence-corrected chi connectivity index (χ3v) is 4.59. The number of rotatable bonds is 3. The maximum absolute atomic E-state index is 9.94. The molecule has 0 atom stereocenters. The predicted octanol–water partition coefficient (Wildman–Crippen LogP) is 2.97. The van der Waals surface area contributed by atoms with Gasteiger partial charge in [0.1, 0.15) is 5.75 Å². The number of benzene rings is 1. The Morgan fingerprint density at radius 3 is 2.40 bits per heavy atom. The van der Waals surface area contributed by atoms with Crippen molar-refractivity contribution in [2.45, 2.75) is 33.0 Å². The zero-order chi connectivity index (χ0) is 11.6. The van der Waals surface area contributed by atoms with Gasteiger partial charge in [-0.05, 0) is 30.5 Å². The molecule has 0 aliphatic carbocycles. The topological polar surface area (TPSA) is 20.2 Å². The van der Waals surface area contributed by atoms with Crippen molar-refractivity contribution < 1.29 is 5.11 Å². The first-order valence-electron chi connectivity index (χ1n) is 5.30. The molecule has 0 aliphatic rings. The molecular weight excluding hydrogens is 200 g/mol. The highest BCUT2D eigenvalue weighted by Gasteiger charge is 2.21. The zero-order valence-electron chi connectivity index (χ0n) is 10.1. The molecule has 0 bridgehead atoms. The van der Waals surface area contributed by atoms with Crippen LogP contribution in [0.5, 0.6) is 5.75 Å². The molecule has 15 heavy (non-hydrogen) atoms. The lowest BCUT2D eigenvalue weighted by Gasteiger charge is -2.22. The number of phenols is 1. The van der Waals surface area contributed by atoms with Crippen molar-refractivity contribution in [2.75, 3.05) is 0 Å². The van der Waals surface area contributed by atoms with Crippen LogP contribution in [0.4, 0.5) is 0 Å². The third-order valence-electron chi connectivity index (χ3n) is 2.53. The Kier molecular flexibility index (Phi) is 3.40. The van der Waals surface area contributed by atoms with Crippen molar-refractivity contribution in [2.24, 2.45) is 0 Å². The van der Waals surface area contributed by atoms with Crippen molar-refractivity contribution in [1.82, 2.24) is 0 Å². The summed E-state index contributed by atoms with van der Waals surface area (Å²) in [5, 5.41) is 11.3. The van der Waals surface area contributed by atoms with Gasteiger partial charge >= 0.3 is 0 Å². The SMILES string of the molecule is C=CCc1c(O)cc(C)cc1[Si](C)(C)C. The summed E-state index contributed by atoms with van der Waals surface area (Å²) < 4.78 is 0. The summed E-state index contributed by atoms with van der Waals surface area (Å²) in [4.78, 5) is 0. The number of phenolic OH excluding ortho intramolecular Hbond substituents is 1. The van der Waals surface area contributed by atoms with Crippen LogP contribution in [-0.2, 0) is 6.42 Å². The first kappa shape index (κ1) is 12.0. The van der Waals surface area contributed by atoms with Gasteiger partial charge in [-0.25, -0.2) is 0 Å². The molecular formula is C13H20OSi. The van der Waals surface area contributed by atoms with E-state index in [2.05, 4.69) is 32.3 Å². The number of aryl methyl sites for hydroxylation is 1. The van der Waals surface area contributed by atoms with Gasteiger partial charge in [0.05, 0.1) is 8.07 Å². The molecule has 0 aliphatic heterocycles. The molecule has 0 spiro atoms. The Labute approximate surface area is 93.5 Å². The molecule has 0 saturated heterocycles. The van der Waals surface area contributed by atoms with E-state index in [1.54, 1.807) is 0 Å². The average molecular weight is 220 g/mol. The Morgan fingerprint density at radius 2 is 1.93 bits per heavy atom. The lowest BCUT2D eigenvalue weighted by atomic mass is 10.1. The molecule has 0 heterocycles. The lowest BCUT2D eigenvalue weighted by Crippen LogP contribution is -2.40. The zero-order valence-corrected chi connectivity index (χ0v) is 11.1. The average Bonchev–Trinajstić information content (AvgIpc) is 2.07. The Bertz CT molecular complexity index is 375. The van der Waals surface area contributed by atoms with Crippen LogP contribution in [-0.4, -0.2) is 13.2 Å². The first-order chi connectivity index (χ1) is 6.86. The summed E-state index contributed by atoms with van der Waals surface area (Å²) in [6, 6.07) is 4.05. The van der Waals surface area contributed by atoms with Crippen LogP contribution in [0.2, 0.25) is 19.6 Å². The van der Waals surface area contributed by atoms with E-state index < -0.39 is 8.07 Å². The molecule has 0 unspecified atom stereocenters. The third kappa shape index (κ3) is 2.72. The van der Waals surface area contributed by atoms with Crippen LogP contribution in [0.3, 0.4) is 0 Å². The highest BCUT2D eigenvalue weighted by Crippen LogP contribution is 2.21. The van der Waals surface area contributed by atoms with Gasteiger partial charge in [-0.3, -0.25) is 0 Å². The van der Waals surface area contributed by atoms with Gasteiger partial charge in [-0.15, -0.1) is 6.58 Å². The molecule has 1 aromatic carbocycles. The largest absolute Gasteiger partial charge is 0.508 e. The molecule has 0 amide bonds. The van der Waals surface area contributed by atoms with E-state index >= 15 is 0 Å². The van der Waals surface area contributed by atoms with Gasteiger partial charge < -0.3 is 5.11 Å². The van der Waals surface area contributed by atoms with Gasteiger partial charge in [0.2, 0.25) is 0 Å². The highest BCUT2D eigenvalue weighted by atomic mass is 28.3. The van der Waals surface area contributed by atoms with Crippen LogP contribution in [0.25, 0.3) is 0 Å². The molecule has 1 rings (SSSR count). The highest BCUT2D eigenvalue weighted by molar-refractivity contribution is 6.89. The van der Waals surface area contributed by atoms with Crippen molar-refractivity contribution in [3.8, 4) is 5.75 Å². The quantitative estimate of drug-likeness (QED) is 0.613. The fourth-order valence-corrected chi connectivity index (χ4v) is 3.62. The normalized spacial score (nSPS) is 11.5. The standard InChI is InChI=1S/C13H20OSi/c1-6-7-11-12(14)8-10(2)9-13(11)15(3,4)5/h6,8-9,14H,1,7H2,2-5H3. The minimum Gasteiger partial charge on any atom is -0.508 e. The van der Waals surface area contributed by atoms with Crippen LogP contribution in [0.1, 0.15) is 11.1 Å². The van der Waals surface area contributed by atoms with E-state index in [0.29, 0.717) is 5.75 Å². The smallest absolute Gasteiger partial charge is 0.119 e. The molecule has 82 valence electrons. The van der Waals surface area contributed by atoms with E-state index in [4.69, 9.17) is 0 Å². The van der Waals surface area contributed by atoms with Gasteiger partial charge in [0.15, 0.2) is 0 Å². The van der Waals surface area contributed by atoms with E-state index in [0.717, 1.165) is 17.5 Å². The minimum atomic E-state index is -1.39. The molecule has 0 aromatic heterocycles. The number of hydrogen-bond acceptors (Lipinski definition) is 1. The first-order valence-corrected chi connectivity index (χ1v) is 8.80. The lowest BCUT2D eigenvalue weighted by molar-refractivity contribution is 0.470. The second-order valence-electron chi connectivity index (χ2n) is 5.05. The fourth-order valence-electron chi connectivity index (χ4n) is 1.83. The van der Waals surface area contributed by atoms with Gasteiger partial charge in [0.25, 0.3) is 0 Å². The van der Waals surface area contributed by atoms with Crippen molar-refractivity contribution in [1.29, 1.82) is 0 Å². The summed E-state index contributed by atoms with van der Waals surface area (Å²) in [6.07, 6.45) is 2.61. The number of aromatic hydroxyl groups is 1. The van der Waals surface area contributed by atoms with Gasteiger partial charge in [-0.1, -0.05) is 37.0 Å². The Balaban J connectivity index is 3.39. The maximum atomic E-state index is 9.94. The molecule has 1 nitrogen and oxygen atoms in total. The van der Waals surface area contributed by atoms with Crippen molar-refractivity contribution >= 4 is 13.3 Å². The van der Waals surface area contributed by atoms with Crippen molar-refractivity contribution in [3.63, 3.8) is 0 Å². The number of allylic oxidation sites excluding steroid dienone is 1. The minimum absolute atomic E-state index is 0.423. The van der Waals surface area contributed by atoms with E-state index in [1.165, 1.54) is 5.19 Å². The number of hydrogen-bond donors (Lipinski definition) is 1. The Morgan fingerprint density at radius 1 is 1.33 bits per heavy atom. The molecule has 1 aromatic rings. The molecule has 0 fully saturated rings. The summed E-state index contributed by atoms with van der Waals surface area (Å²) in [5.41, 5.74) is 2.20. The van der Waals surface area contributed by atoms with Crippen LogP contribution >= 0.6 is 0 Å². The van der Waals surface area contributed by atoms with Crippen LogP contribution in [0, 0.1) is 6.92 Å². The molecule has 1 N–H and O–H groups in total. The second kappa shape index (κ2) is 4.23. The molecule has 0 saturated carbocycles. The van der Waals surface area contributed by atoms with Crippen LogP contribution in [0.15, 0.2) is 24.8 Å². The summed E-state index contributed by atoms with van der Waals surface area (Å²) in [6.45, 7) is 12.7. The van der Waals surface area contributed by atoms with Gasteiger partial charge in [-0.2, -0.15) is 0 Å². The van der Waals surface area contributed by atoms with E-state index in [1.807, 2.05) is 19.1 Å². The molecule has 2 heteroatoms. The summed E-state index contributed by atoms with van der Waals surface area (Å²) in [7, 11) is -1.39. The van der Waals surface area contributed by atoms with Gasteiger partial charge in [0, 0.05) is 0 Å². The van der Waals surface area contributed by atoms with E-state index in [-0.39, 0.29) is 0 Å². The monoisotopic (exact) mass is 220 g/mol. The Hall–Kier alpha value is -1.02. The van der Waals surface area contributed by atoms with Crippen molar-refractivity contribution in [3.05, 3.63) is 35.9 Å².